The molecule has 16 heavy (non-hydrogen) atoms. The van der Waals surface area contributed by atoms with Crippen LogP contribution in [0, 0.1) is 0 Å². The molecular formula is C11H14BrNO3. The molecule has 0 aliphatic carbocycles. The SMILES string of the molecule is COCCNc1ccc(Br)c(C(=O)OC)c1. The predicted octanol–water partition coefficient (Wildman–Crippen LogP) is 2.29. The van der Waals surface area contributed by atoms with Gasteiger partial charge >= 0.3 is 5.97 Å². The van der Waals surface area contributed by atoms with Crippen LogP contribution in [-0.2, 0) is 9.47 Å². The maximum Gasteiger partial charge on any atom is 0.339 e. The van der Waals surface area contributed by atoms with E-state index in [0.717, 1.165) is 10.2 Å². The summed E-state index contributed by atoms with van der Waals surface area (Å²) in [5.41, 5.74) is 1.37. The normalized spacial score (nSPS) is 9.94. The maximum absolute atomic E-state index is 11.4. The van der Waals surface area contributed by atoms with Gasteiger partial charge in [-0.15, -0.1) is 0 Å². The van der Waals surface area contributed by atoms with Gasteiger partial charge in [-0.3, -0.25) is 0 Å². The molecule has 0 amide bonds. The van der Waals surface area contributed by atoms with Crippen LogP contribution in [0.1, 0.15) is 10.4 Å². The van der Waals surface area contributed by atoms with Gasteiger partial charge in [0.15, 0.2) is 0 Å². The largest absolute Gasteiger partial charge is 0.465 e. The van der Waals surface area contributed by atoms with Crippen LogP contribution in [0.4, 0.5) is 5.69 Å². The van der Waals surface area contributed by atoms with Gasteiger partial charge in [-0.2, -0.15) is 0 Å². The molecule has 0 atom stereocenters. The molecule has 88 valence electrons. The molecule has 1 N–H and O–H groups in total. The molecule has 0 spiro atoms. The highest BCUT2D eigenvalue weighted by Crippen LogP contribution is 2.21. The number of methoxy groups -OCH3 is 2. The summed E-state index contributed by atoms with van der Waals surface area (Å²) in [6.07, 6.45) is 0. The Kier molecular flexibility index (Phi) is 5.28. The van der Waals surface area contributed by atoms with Crippen LogP contribution in [0.15, 0.2) is 22.7 Å². The van der Waals surface area contributed by atoms with Crippen molar-refractivity contribution in [2.45, 2.75) is 0 Å². The second-order valence-corrected chi connectivity index (χ2v) is 3.96. The van der Waals surface area contributed by atoms with Crippen molar-refractivity contribution in [3.05, 3.63) is 28.2 Å². The Bertz CT molecular complexity index is 368. The van der Waals surface area contributed by atoms with E-state index in [1.807, 2.05) is 6.07 Å². The number of nitrogens with one attached hydrogen (secondary N) is 1. The first-order valence-corrected chi connectivity index (χ1v) is 5.59. The zero-order valence-electron chi connectivity index (χ0n) is 9.25. The first-order valence-electron chi connectivity index (χ1n) is 4.79. The summed E-state index contributed by atoms with van der Waals surface area (Å²) in [6, 6.07) is 5.43. The minimum absolute atomic E-state index is 0.359. The quantitative estimate of drug-likeness (QED) is 0.667. The smallest absolute Gasteiger partial charge is 0.339 e. The molecule has 0 heterocycles. The van der Waals surface area contributed by atoms with Gasteiger partial charge in [-0.05, 0) is 34.1 Å². The molecule has 0 radical (unpaired) electrons. The van der Waals surface area contributed by atoms with Crippen molar-refractivity contribution >= 4 is 27.6 Å². The van der Waals surface area contributed by atoms with Gasteiger partial charge in [-0.25, -0.2) is 4.79 Å². The van der Waals surface area contributed by atoms with E-state index in [1.165, 1.54) is 7.11 Å². The van der Waals surface area contributed by atoms with E-state index in [9.17, 15) is 4.79 Å². The highest BCUT2D eigenvalue weighted by molar-refractivity contribution is 9.10. The molecule has 0 unspecified atom stereocenters. The fourth-order valence-corrected chi connectivity index (χ4v) is 1.61. The van der Waals surface area contributed by atoms with Gasteiger partial charge < -0.3 is 14.8 Å². The number of halogens is 1. The highest BCUT2D eigenvalue weighted by atomic mass is 79.9. The molecule has 4 nitrogen and oxygen atoms in total. The first-order chi connectivity index (χ1) is 7.69. The van der Waals surface area contributed by atoms with Crippen LogP contribution in [0.3, 0.4) is 0 Å². The predicted molar refractivity (Wildman–Crippen MR) is 65.8 cm³/mol. The van der Waals surface area contributed by atoms with E-state index in [2.05, 4.69) is 26.0 Å². The monoisotopic (exact) mass is 287 g/mol. The molecule has 0 aliphatic rings. The lowest BCUT2D eigenvalue weighted by Crippen LogP contribution is -2.09. The molecule has 1 aromatic carbocycles. The number of carbonyl (C=O) groups excluding carboxylic acids is 1. The summed E-state index contributed by atoms with van der Waals surface area (Å²) in [5, 5.41) is 3.14. The number of rotatable bonds is 5. The standard InChI is InChI=1S/C11H14BrNO3/c1-15-6-5-13-8-3-4-10(12)9(7-8)11(14)16-2/h3-4,7,13H,5-6H2,1-2H3. The second-order valence-electron chi connectivity index (χ2n) is 3.11. The molecule has 0 bridgehead atoms. The zero-order chi connectivity index (χ0) is 12.0. The Hall–Kier alpha value is -1.07. The number of hydrogen-bond donors (Lipinski definition) is 1. The second kappa shape index (κ2) is 6.50. The number of hydrogen-bond acceptors (Lipinski definition) is 4. The van der Waals surface area contributed by atoms with Crippen LogP contribution < -0.4 is 5.32 Å². The summed E-state index contributed by atoms with van der Waals surface area (Å²) in [4.78, 5) is 11.4. The van der Waals surface area contributed by atoms with Crippen LogP contribution >= 0.6 is 15.9 Å². The maximum atomic E-state index is 11.4. The Morgan fingerprint density at radius 3 is 2.81 bits per heavy atom. The summed E-state index contributed by atoms with van der Waals surface area (Å²) >= 11 is 3.30. The number of ether oxygens (including phenoxy) is 2. The Balaban J connectivity index is 2.77. The summed E-state index contributed by atoms with van der Waals surface area (Å²) in [5.74, 6) is -0.359. The van der Waals surface area contributed by atoms with Gasteiger partial charge in [0.05, 0.1) is 19.3 Å². The third kappa shape index (κ3) is 3.50. The van der Waals surface area contributed by atoms with Crippen LogP contribution in [-0.4, -0.2) is 33.3 Å². The highest BCUT2D eigenvalue weighted by Gasteiger charge is 2.10. The van der Waals surface area contributed by atoms with E-state index in [0.29, 0.717) is 18.7 Å². The van der Waals surface area contributed by atoms with Gasteiger partial charge in [0.25, 0.3) is 0 Å². The zero-order valence-corrected chi connectivity index (χ0v) is 10.8. The molecule has 0 aliphatic heterocycles. The average Bonchev–Trinajstić information content (AvgIpc) is 2.30. The fourth-order valence-electron chi connectivity index (χ4n) is 1.20. The van der Waals surface area contributed by atoms with Gasteiger partial charge in [-0.1, -0.05) is 0 Å². The van der Waals surface area contributed by atoms with Crippen molar-refractivity contribution in [1.82, 2.24) is 0 Å². The third-order valence-corrected chi connectivity index (χ3v) is 2.70. The number of benzene rings is 1. The minimum atomic E-state index is -0.359. The number of esters is 1. The third-order valence-electron chi connectivity index (χ3n) is 2.01. The molecule has 0 fully saturated rings. The number of anilines is 1. The number of carbonyl (C=O) groups is 1. The lowest BCUT2D eigenvalue weighted by Gasteiger charge is -2.08. The van der Waals surface area contributed by atoms with Crippen molar-refractivity contribution in [1.29, 1.82) is 0 Å². The molecule has 0 saturated heterocycles. The van der Waals surface area contributed by atoms with Gasteiger partial charge in [0.1, 0.15) is 0 Å². The summed E-state index contributed by atoms with van der Waals surface area (Å²) < 4.78 is 10.3. The first kappa shape index (κ1) is 13.0. The summed E-state index contributed by atoms with van der Waals surface area (Å²) in [6.45, 7) is 1.31. The van der Waals surface area contributed by atoms with Gasteiger partial charge in [0.2, 0.25) is 0 Å². The van der Waals surface area contributed by atoms with Crippen LogP contribution in [0.2, 0.25) is 0 Å². The van der Waals surface area contributed by atoms with Crippen molar-refractivity contribution in [2.75, 3.05) is 32.7 Å². The minimum Gasteiger partial charge on any atom is -0.465 e. The Morgan fingerprint density at radius 1 is 1.44 bits per heavy atom. The van der Waals surface area contributed by atoms with Crippen molar-refractivity contribution in [2.24, 2.45) is 0 Å². The van der Waals surface area contributed by atoms with Crippen molar-refractivity contribution in [3.8, 4) is 0 Å². The van der Waals surface area contributed by atoms with E-state index in [4.69, 9.17) is 4.74 Å². The molecular weight excluding hydrogens is 274 g/mol. The average molecular weight is 288 g/mol. The lowest BCUT2D eigenvalue weighted by molar-refractivity contribution is 0.0600. The van der Waals surface area contributed by atoms with E-state index in [1.54, 1.807) is 19.2 Å². The van der Waals surface area contributed by atoms with E-state index < -0.39 is 0 Å². The molecule has 5 heteroatoms. The van der Waals surface area contributed by atoms with E-state index in [-0.39, 0.29) is 5.97 Å². The summed E-state index contributed by atoms with van der Waals surface area (Å²) in [7, 11) is 3.00. The van der Waals surface area contributed by atoms with Crippen molar-refractivity contribution < 1.29 is 14.3 Å². The lowest BCUT2D eigenvalue weighted by atomic mass is 10.2. The molecule has 1 aromatic rings. The topological polar surface area (TPSA) is 47.6 Å². The van der Waals surface area contributed by atoms with E-state index >= 15 is 0 Å². The van der Waals surface area contributed by atoms with Crippen LogP contribution in [0.25, 0.3) is 0 Å². The Labute approximate surface area is 103 Å². The Morgan fingerprint density at radius 2 is 2.19 bits per heavy atom. The molecule has 1 rings (SSSR count). The van der Waals surface area contributed by atoms with Gasteiger partial charge in [0, 0.05) is 23.8 Å². The fraction of sp³-hybridized carbons (Fsp3) is 0.364. The van der Waals surface area contributed by atoms with Crippen LogP contribution in [0.5, 0.6) is 0 Å². The molecule has 0 aromatic heterocycles. The van der Waals surface area contributed by atoms with Crippen molar-refractivity contribution in [3.63, 3.8) is 0 Å². The molecule has 0 saturated carbocycles.